The van der Waals surface area contributed by atoms with E-state index in [1.165, 1.54) is 5.56 Å². The fourth-order valence-electron chi connectivity index (χ4n) is 0.534. The van der Waals surface area contributed by atoms with Crippen LogP contribution in [0.3, 0.4) is 0 Å². The largest absolute Gasteiger partial charge is 0.435 e. The molecular weight excluding hydrogens is 271 g/mol. The first-order chi connectivity index (χ1) is 4.81. The highest BCUT2D eigenvalue weighted by Crippen LogP contribution is 1.92. The second-order valence-corrected chi connectivity index (χ2v) is 9.84. The maximum Gasteiger partial charge on any atom is 0.435 e. The van der Waals surface area contributed by atoms with Crippen LogP contribution in [0.5, 0.6) is 0 Å². The molecule has 0 N–H and O–H groups in total. The van der Waals surface area contributed by atoms with Crippen molar-refractivity contribution in [1.82, 2.24) is 0 Å². The lowest BCUT2D eigenvalue weighted by Gasteiger charge is -1.82. The third-order valence-corrected chi connectivity index (χ3v) is 0.940. The first-order valence-corrected chi connectivity index (χ1v) is 10.7. The first kappa shape index (κ1) is 10.7. The molecule has 10 heavy (non-hydrogen) atoms. The van der Waals surface area contributed by atoms with E-state index in [0.717, 1.165) is 0 Å². The quantitative estimate of drug-likeness (QED) is 0.641. The van der Waals surface area contributed by atoms with Gasteiger partial charge >= 0.3 is 11.6 Å². The van der Waals surface area contributed by atoms with Gasteiger partial charge < -0.3 is 0 Å². The van der Waals surface area contributed by atoms with Crippen molar-refractivity contribution in [1.29, 1.82) is 0 Å². The van der Waals surface area contributed by atoms with Crippen LogP contribution in [0.4, 0.5) is 0 Å². The Kier molecular flexibility index (Phi) is 8.37. The van der Waals surface area contributed by atoms with E-state index in [0.29, 0.717) is 0 Å². The van der Waals surface area contributed by atoms with E-state index in [1.54, 1.807) is 0 Å². The van der Waals surface area contributed by atoms with Crippen molar-refractivity contribution < 1.29 is 0 Å². The van der Waals surface area contributed by atoms with E-state index in [4.69, 9.17) is 0 Å². The van der Waals surface area contributed by atoms with Crippen LogP contribution in [0, 0.1) is 6.92 Å². The van der Waals surface area contributed by atoms with Crippen LogP contribution in [0.25, 0.3) is 0 Å². The molecule has 0 amide bonds. The summed E-state index contributed by atoms with van der Waals surface area (Å²) in [5.74, 6) is 0. The van der Waals surface area contributed by atoms with E-state index in [2.05, 4.69) is 47.2 Å². The Balaban J connectivity index is 0.000000236. The van der Waals surface area contributed by atoms with E-state index in [1.807, 2.05) is 18.2 Å². The van der Waals surface area contributed by atoms with Crippen molar-refractivity contribution in [3.63, 3.8) is 0 Å². The third kappa shape index (κ3) is 6.83. The van der Waals surface area contributed by atoms with Gasteiger partial charge in [0.15, 0.2) is 0 Å². The van der Waals surface area contributed by atoms with E-state index < -0.39 is 0 Å². The Bertz CT molecular complexity index is 153. The molecule has 0 nitrogen and oxygen atoms in total. The SMILES string of the molecule is Cc1ccccc1.[Br][AlH][Br]. The molecule has 0 atom stereocenters. The topological polar surface area (TPSA) is 0 Å². The zero-order valence-electron chi connectivity index (χ0n) is 5.85. The Hall–Kier alpha value is 0.712. The van der Waals surface area contributed by atoms with Gasteiger partial charge in [-0.2, -0.15) is 0 Å². The van der Waals surface area contributed by atoms with E-state index in [9.17, 15) is 0 Å². The van der Waals surface area contributed by atoms with Crippen molar-refractivity contribution in [3.8, 4) is 0 Å². The molecule has 1 aromatic carbocycles. The molecule has 0 fully saturated rings. The zero-order chi connectivity index (χ0) is 7.82. The molecule has 0 aliphatic carbocycles. The van der Waals surface area contributed by atoms with Gasteiger partial charge in [0.05, 0.1) is 0 Å². The van der Waals surface area contributed by atoms with Crippen molar-refractivity contribution >= 4 is 39.7 Å². The average molecular weight is 280 g/mol. The summed E-state index contributed by atoms with van der Waals surface area (Å²) in [6.07, 6.45) is 0. The molecule has 0 aromatic heterocycles. The van der Waals surface area contributed by atoms with Gasteiger partial charge in [-0.05, 0) is 6.92 Å². The van der Waals surface area contributed by atoms with Crippen molar-refractivity contribution in [2.75, 3.05) is 0 Å². The summed E-state index contributed by atoms with van der Waals surface area (Å²) in [6.45, 7) is 2.08. The van der Waals surface area contributed by atoms with Gasteiger partial charge in [-0.15, -0.1) is 0 Å². The lowest BCUT2D eigenvalue weighted by molar-refractivity contribution is 1.48. The van der Waals surface area contributed by atoms with Crippen molar-refractivity contribution in [2.45, 2.75) is 6.92 Å². The molecule has 1 aromatic rings. The second-order valence-electron chi connectivity index (χ2n) is 1.76. The van der Waals surface area contributed by atoms with Gasteiger partial charge in [0.1, 0.15) is 0 Å². The highest BCUT2D eigenvalue weighted by molar-refractivity contribution is 9.47. The Morgan fingerprint density at radius 2 is 1.50 bits per heavy atom. The van der Waals surface area contributed by atoms with Crippen LogP contribution in [0.1, 0.15) is 5.56 Å². The number of hydrogen-bond donors (Lipinski definition) is 0. The zero-order valence-corrected chi connectivity index (χ0v) is 10.4. The Morgan fingerprint density at radius 3 is 1.70 bits per heavy atom. The minimum Gasteiger partial charge on any atom is -0.203 e. The third-order valence-electron chi connectivity index (χ3n) is 0.940. The molecule has 0 spiro atoms. The maximum absolute atomic E-state index is 3.20. The predicted molar refractivity (Wildman–Crippen MR) is 56.2 cm³/mol. The van der Waals surface area contributed by atoms with Gasteiger partial charge in [-0.25, -0.2) is 28.1 Å². The molecule has 0 bridgehead atoms. The maximum atomic E-state index is 3.20. The first-order valence-electron chi connectivity index (χ1n) is 2.95. The molecule has 0 aliphatic heterocycles. The summed E-state index contributed by atoms with van der Waals surface area (Å²) in [4.78, 5) is 0. The van der Waals surface area contributed by atoms with Gasteiger partial charge in [-0.1, -0.05) is 35.9 Å². The fraction of sp³-hybridized carbons (Fsp3) is 0.143. The van der Waals surface area contributed by atoms with E-state index in [-0.39, 0.29) is 11.6 Å². The molecule has 0 heterocycles. The van der Waals surface area contributed by atoms with Crippen LogP contribution in [0.2, 0.25) is 0 Å². The summed E-state index contributed by atoms with van der Waals surface area (Å²) in [5.41, 5.74) is 1.32. The molecule has 0 radical (unpaired) electrons. The Morgan fingerprint density at radius 1 is 1.10 bits per heavy atom. The molecule has 0 aliphatic rings. The van der Waals surface area contributed by atoms with Crippen LogP contribution in [0.15, 0.2) is 30.3 Å². The molecule has 3 heteroatoms. The van der Waals surface area contributed by atoms with Gasteiger partial charge in [-0.3, -0.25) is 0 Å². The number of rotatable bonds is 0. The lowest BCUT2D eigenvalue weighted by atomic mass is 10.2. The Labute approximate surface area is 82.0 Å². The molecule has 0 saturated heterocycles. The van der Waals surface area contributed by atoms with Gasteiger partial charge in [0, 0.05) is 0 Å². The fourth-order valence-corrected chi connectivity index (χ4v) is 0.534. The summed E-state index contributed by atoms with van der Waals surface area (Å²) >= 11 is 6.44. The normalized spacial score (nSPS) is 7.50. The van der Waals surface area contributed by atoms with Crippen LogP contribution in [-0.2, 0) is 0 Å². The summed E-state index contributed by atoms with van der Waals surface area (Å²) in [6, 6.07) is 10.3. The highest BCUT2D eigenvalue weighted by Gasteiger charge is 1.72. The minimum atomic E-state index is 0.0417. The van der Waals surface area contributed by atoms with Crippen LogP contribution < -0.4 is 0 Å². The van der Waals surface area contributed by atoms with Gasteiger partial charge in [0.25, 0.3) is 0 Å². The molecule has 54 valence electrons. The highest BCUT2D eigenvalue weighted by atomic mass is 79.9. The molecule has 0 unspecified atom stereocenters. The lowest BCUT2D eigenvalue weighted by Crippen LogP contribution is -1.62. The summed E-state index contributed by atoms with van der Waals surface area (Å²) in [5, 5.41) is 0. The van der Waals surface area contributed by atoms with E-state index >= 15 is 0 Å². The number of hydrogen-bond acceptors (Lipinski definition) is 0. The predicted octanol–water partition coefficient (Wildman–Crippen LogP) is 3.04. The van der Waals surface area contributed by atoms with Crippen molar-refractivity contribution in [3.05, 3.63) is 35.9 Å². The second kappa shape index (κ2) is 7.82. The number of halogens is 2. The molecule has 0 saturated carbocycles. The smallest absolute Gasteiger partial charge is 0.203 e. The minimum absolute atomic E-state index is 0.0417. The van der Waals surface area contributed by atoms with Crippen molar-refractivity contribution in [2.24, 2.45) is 0 Å². The number of aryl methyl sites for hydroxylation is 1. The average Bonchev–Trinajstić information content (AvgIpc) is 1.91. The monoisotopic (exact) mass is 278 g/mol. The molecular formula is C7H9AlBr2. The standard InChI is InChI=1S/C7H8.Al.2BrH.H/c1-7-5-3-2-4-6-7;;;;/h2-6H,1H3;;2*1H;/q;+2;;;/p-2. The van der Waals surface area contributed by atoms with Gasteiger partial charge in [0.2, 0.25) is 0 Å². The summed E-state index contributed by atoms with van der Waals surface area (Å²) in [7, 11) is 0. The summed E-state index contributed by atoms with van der Waals surface area (Å²) < 4.78 is 0. The number of benzene rings is 1. The van der Waals surface area contributed by atoms with Crippen LogP contribution >= 0.6 is 28.1 Å². The molecule has 1 rings (SSSR count). The van der Waals surface area contributed by atoms with Crippen LogP contribution in [-0.4, -0.2) is 11.6 Å².